The van der Waals surface area contributed by atoms with Crippen LogP contribution in [-0.2, 0) is 0 Å². The summed E-state index contributed by atoms with van der Waals surface area (Å²) in [6, 6.07) is 6.01. The molecule has 0 saturated heterocycles. The van der Waals surface area contributed by atoms with Gasteiger partial charge in [-0.05, 0) is 48.4 Å². The zero-order valence-electron chi connectivity index (χ0n) is 10.00. The molecule has 0 spiro atoms. The van der Waals surface area contributed by atoms with Gasteiger partial charge in [-0.25, -0.2) is 0 Å². The van der Waals surface area contributed by atoms with Gasteiger partial charge in [-0.1, -0.05) is 51.6 Å². The van der Waals surface area contributed by atoms with Crippen LogP contribution in [0, 0.1) is 11.8 Å². The Hall–Kier alpha value is 0.140. The van der Waals surface area contributed by atoms with Crippen molar-refractivity contribution < 1.29 is 5.11 Å². The van der Waals surface area contributed by atoms with Crippen LogP contribution in [0.3, 0.4) is 0 Å². The first-order valence-corrected chi connectivity index (χ1v) is 7.79. The van der Waals surface area contributed by atoms with Gasteiger partial charge in [-0.15, -0.1) is 0 Å². The molecule has 2 rings (SSSR count). The Morgan fingerprint density at radius 3 is 2.76 bits per heavy atom. The minimum Gasteiger partial charge on any atom is -0.388 e. The predicted molar refractivity (Wildman–Crippen MR) is 77.9 cm³/mol. The van der Waals surface area contributed by atoms with E-state index in [4.69, 9.17) is 0 Å². The molecule has 3 atom stereocenters. The summed E-state index contributed by atoms with van der Waals surface area (Å²) in [6.07, 6.45) is 4.49. The summed E-state index contributed by atoms with van der Waals surface area (Å²) in [4.78, 5) is 0. The summed E-state index contributed by atoms with van der Waals surface area (Å²) in [5.41, 5.74) is 1.01. The van der Waals surface area contributed by atoms with E-state index in [0.29, 0.717) is 5.92 Å². The highest BCUT2D eigenvalue weighted by molar-refractivity contribution is 9.11. The lowest BCUT2D eigenvalue weighted by atomic mass is 9.78. The third kappa shape index (κ3) is 3.33. The van der Waals surface area contributed by atoms with Gasteiger partial charge >= 0.3 is 0 Å². The van der Waals surface area contributed by atoms with Gasteiger partial charge in [0.15, 0.2) is 0 Å². The molecule has 1 aromatic rings. The van der Waals surface area contributed by atoms with Crippen LogP contribution in [-0.4, -0.2) is 5.11 Å². The highest BCUT2D eigenvalue weighted by Crippen LogP contribution is 2.39. The van der Waals surface area contributed by atoms with E-state index in [0.717, 1.165) is 33.3 Å². The number of aliphatic hydroxyl groups is 1. The van der Waals surface area contributed by atoms with Crippen LogP contribution in [0.25, 0.3) is 0 Å². The molecule has 0 heterocycles. The second kappa shape index (κ2) is 5.85. The lowest BCUT2D eigenvalue weighted by Gasteiger charge is -2.31. The van der Waals surface area contributed by atoms with Gasteiger partial charge < -0.3 is 5.11 Å². The van der Waals surface area contributed by atoms with Crippen molar-refractivity contribution in [2.24, 2.45) is 11.8 Å². The number of hydrogen-bond donors (Lipinski definition) is 1. The molecule has 1 aromatic carbocycles. The lowest BCUT2D eigenvalue weighted by molar-refractivity contribution is 0.0708. The van der Waals surface area contributed by atoms with Crippen molar-refractivity contribution >= 4 is 31.9 Å². The number of aliphatic hydroxyl groups excluding tert-OH is 1. The standard InChI is InChI=1S/C14H18Br2O/c1-9-3-2-4-10(7-9)14(17)12-8-11(15)5-6-13(12)16/h5-6,8-10,14,17H,2-4,7H2,1H3. The van der Waals surface area contributed by atoms with Crippen LogP contribution in [0.5, 0.6) is 0 Å². The van der Waals surface area contributed by atoms with E-state index in [1.54, 1.807) is 0 Å². The minimum absolute atomic E-state index is 0.343. The Labute approximate surface area is 120 Å². The Bertz CT molecular complexity index is 392. The summed E-state index contributed by atoms with van der Waals surface area (Å²) in [5, 5.41) is 10.5. The number of halogens is 2. The van der Waals surface area contributed by atoms with Gasteiger partial charge in [0.1, 0.15) is 0 Å². The second-order valence-electron chi connectivity index (χ2n) is 5.14. The quantitative estimate of drug-likeness (QED) is 0.779. The van der Waals surface area contributed by atoms with Crippen LogP contribution in [0.4, 0.5) is 0 Å². The molecule has 1 aliphatic rings. The minimum atomic E-state index is -0.343. The summed E-state index contributed by atoms with van der Waals surface area (Å²) in [7, 11) is 0. The molecular formula is C14H18Br2O. The first-order chi connectivity index (χ1) is 8.08. The lowest BCUT2D eigenvalue weighted by Crippen LogP contribution is -2.20. The largest absolute Gasteiger partial charge is 0.388 e. The topological polar surface area (TPSA) is 20.2 Å². The third-order valence-corrected chi connectivity index (χ3v) is 4.92. The predicted octanol–water partition coefficient (Wildman–Crippen LogP) is 5.07. The maximum Gasteiger partial charge on any atom is 0.0829 e. The maximum absolute atomic E-state index is 10.5. The number of rotatable bonds is 2. The Kier molecular flexibility index (Phi) is 4.67. The van der Waals surface area contributed by atoms with Crippen molar-refractivity contribution in [3.63, 3.8) is 0 Å². The molecule has 0 aliphatic heterocycles. The molecule has 0 bridgehead atoms. The van der Waals surface area contributed by atoms with E-state index in [1.807, 2.05) is 18.2 Å². The van der Waals surface area contributed by atoms with Crippen molar-refractivity contribution in [1.29, 1.82) is 0 Å². The molecule has 3 unspecified atom stereocenters. The highest BCUT2D eigenvalue weighted by Gasteiger charge is 2.27. The van der Waals surface area contributed by atoms with Crippen LogP contribution >= 0.6 is 31.9 Å². The van der Waals surface area contributed by atoms with E-state index in [9.17, 15) is 5.11 Å². The van der Waals surface area contributed by atoms with Crippen molar-refractivity contribution in [3.8, 4) is 0 Å². The molecule has 17 heavy (non-hydrogen) atoms. The zero-order valence-corrected chi connectivity index (χ0v) is 13.2. The fourth-order valence-corrected chi connectivity index (χ4v) is 3.62. The van der Waals surface area contributed by atoms with E-state index in [2.05, 4.69) is 38.8 Å². The molecule has 1 fully saturated rings. The molecule has 3 heteroatoms. The summed E-state index contributed by atoms with van der Waals surface area (Å²) in [5.74, 6) is 1.15. The van der Waals surface area contributed by atoms with E-state index in [-0.39, 0.29) is 6.10 Å². The molecule has 1 nitrogen and oxygen atoms in total. The van der Waals surface area contributed by atoms with Gasteiger partial charge in [0, 0.05) is 8.95 Å². The Balaban J connectivity index is 2.18. The van der Waals surface area contributed by atoms with Crippen molar-refractivity contribution in [2.45, 2.75) is 38.7 Å². The first kappa shape index (κ1) is 13.6. The van der Waals surface area contributed by atoms with Crippen molar-refractivity contribution in [2.75, 3.05) is 0 Å². The van der Waals surface area contributed by atoms with Crippen molar-refractivity contribution in [1.82, 2.24) is 0 Å². The maximum atomic E-state index is 10.5. The zero-order chi connectivity index (χ0) is 12.4. The molecular weight excluding hydrogens is 344 g/mol. The average Bonchev–Trinajstić information content (AvgIpc) is 2.31. The van der Waals surface area contributed by atoms with Crippen molar-refractivity contribution in [3.05, 3.63) is 32.7 Å². The fourth-order valence-electron chi connectivity index (χ4n) is 2.76. The van der Waals surface area contributed by atoms with E-state index in [1.165, 1.54) is 12.8 Å². The SMILES string of the molecule is CC1CCCC(C(O)c2cc(Br)ccc2Br)C1. The number of hydrogen-bond acceptors (Lipinski definition) is 1. The fraction of sp³-hybridized carbons (Fsp3) is 0.571. The molecule has 1 saturated carbocycles. The smallest absolute Gasteiger partial charge is 0.0829 e. The van der Waals surface area contributed by atoms with Gasteiger partial charge in [0.2, 0.25) is 0 Å². The summed E-state index contributed by atoms with van der Waals surface area (Å²) in [6.45, 7) is 2.29. The monoisotopic (exact) mass is 360 g/mol. The summed E-state index contributed by atoms with van der Waals surface area (Å²) >= 11 is 7.00. The molecule has 1 aliphatic carbocycles. The average molecular weight is 362 g/mol. The van der Waals surface area contributed by atoms with Crippen LogP contribution in [0.1, 0.15) is 44.3 Å². The highest BCUT2D eigenvalue weighted by atomic mass is 79.9. The van der Waals surface area contributed by atoms with Crippen LogP contribution in [0.15, 0.2) is 27.1 Å². The molecule has 0 radical (unpaired) electrons. The van der Waals surface area contributed by atoms with Gasteiger partial charge in [-0.2, -0.15) is 0 Å². The summed E-state index contributed by atoms with van der Waals surface area (Å²) < 4.78 is 2.03. The first-order valence-electron chi connectivity index (χ1n) is 6.21. The second-order valence-corrected chi connectivity index (χ2v) is 6.91. The molecule has 0 aromatic heterocycles. The number of benzene rings is 1. The van der Waals surface area contributed by atoms with Crippen LogP contribution in [0.2, 0.25) is 0 Å². The van der Waals surface area contributed by atoms with Crippen LogP contribution < -0.4 is 0 Å². The molecule has 0 amide bonds. The molecule has 94 valence electrons. The van der Waals surface area contributed by atoms with E-state index < -0.39 is 0 Å². The normalized spacial score (nSPS) is 26.8. The Morgan fingerprint density at radius 2 is 2.06 bits per heavy atom. The van der Waals surface area contributed by atoms with Gasteiger partial charge in [0.25, 0.3) is 0 Å². The van der Waals surface area contributed by atoms with Gasteiger partial charge in [0.05, 0.1) is 6.10 Å². The molecule has 1 N–H and O–H groups in total. The van der Waals surface area contributed by atoms with E-state index >= 15 is 0 Å². The van der Waals surface area contributed by atoms with Gasteiger partial charge in [-0.3, -0.25) is 0 Å². The third-order valence-electron chi connectivity index (χ3n) is 3.70. The Morgan fingerprint density at radius 1 is 1.29 bits per heavy atom.